The van der Waals surface area contributed by atoms with Gasteiger partial charge in [-0.25, -0.2) is 13.9 Å². The first-order valence-electron chi connectivity index (χ1n) is 9.39. The molecule has 1 aromatic carbocycles. The molecule has 0 atom stereocenters. The second-order valence-corrected chi connectivity index (χ2v) is 6.70. The SMILES string of the molecule is COCCOc1ccc(NC(=O)CCc2c(C)nc3c(C#N)cnn3c2C)cc1F. The van der Waals surface area contributed by atoms with E-state index in [1.807, 2.05) is 13.8 Å². The average molecular weight is 411 g/mol. The number of carbonyl (C=O) groups excluding carboxylic acids is 1. The Morgan fingerprint density at radius 3 is 2.83 bits per heavy atom. The van der Waals surface area contributed by atoms with Crippen LogP contribution in [0.3, 0.4) is 0 Å². The normalized spacial score (nSPS) is 10.8. The maximum atomic E-state index is 14.1. The van der Waals surface area contributed by atoms with Crippen LogP contribution in [-0.2, 0) is 16.0 Å². The Bertz CT molecular complexity index is 1120. The highest BCUT2D eigenvalue weighted by Gasteiger charge is 2.15. The molecular formula is C21H22FN5O3. The third-order valence-corrected chi connectivity index (χ3v) is 4.69. The third kappa shape index (κ3) is 4.55. The van der Waals surface area contributed by atoms with E-state index in [1.165, 1.54) is 25.4 Å². The summed E-state index contributed by atoms with van der Waals surface area (Å²) in [6.45, 7) is 4.31. The van der Waals surface area contributed by atoms with Crippen molar-refractivity contribution in [3.63, 3.8) is 0 Å². The highest BCUT2D eigenvalue weighted by atomic mass is 19.1. The number of fused-ring (bicyclic) bond motifs is 1. The van der Waals surface area contributed by atoms with Gasteiger partial charge >= 0.3 is 0 Å². The minimum Gasteiger partial charge on any atom is -0.488 e. The molecule has 1 amide bonds. The molecule has 8 nitrogen and oxygen atoms in total. The lowest BCUT2D eigenvalue weighted by Crippen LogP contribution is -2.14. The summed E-state index contributed by atoms with van der Waals surface area (Å²) in [6, 6.07) is 6.34. The molecule has 156 valence electrons. The second-order valence-electron chi connectivity index (χ2n) is 6.70. The van der Waals surface area contributed by atoms with Crippen LogP contribution in [0.25, 0.3) is 5.65 Å². The Labute approximate surface area is 173 Å². The quantitative estimate of drug-likeness (QED) is 0.572. The molecule has 1 N–H and O–H groups in total. The highest BCUT2D eigenvalue weighted by molar-refractivity contribution is 5.90. The number of aromatic nitrogens is 3. The van der Waals surface area contributed by atoms with Crippen molar-refractivity contribution in [3.8, 4) is 11.8 Å². The lowest BCUT2D eigenvalue weighted by Gasteiger charge is -2.12. The number of nitrogens with one attached hydrogen (secondary N) is 1. The average Bonchev–Trinajstić information content (AvgIpc) is 3.12. The van der Waals surface area contributed by atoms with E-state index in [0.717, 1.165) is 17.0 Å². The maximum absolute atomic E-state index is 14.1. The Balaban J connectivity index is 1.65. The van der Waals surface area contributed by atoms with Gasteiger partial charge in [0.05, 0.1) is 12.8 Å². The number of ether oxygens (including phenoxy) is 2. The van der Waals surface area contributed by atoms with E-state index in [2.05, 4.69) is 21.5 Å². The number of aryl methyl sites for hydroxylation is 2. The van der Waals surface area contributed by atoms with Gasteiger partial charge in [0.1, 0.15) is 18.2 Å². The van der Waals surface area contributed by atoms with Gasteiger partial charge < -0.3 is 14.8 Å². The largest absolute Gasteiger partial charge is 0.488 e. The van der Waals surface area contributed by atoms with Crippen LogP contribution in [0.5, 0.6) is 5.75 Å². The molecule has 3 aromatic rings. The van der Waals surface area contributed by atoms with Crippen LogP contribution in [0.15, 0.2) is 24.4 Å². The number of amides is 1. The standard InChI is InChI=1S/C21H22FN5O3/c1-13-17(14(2)27-21(25-13)15(11-23)12-24-27)5-7-20(28)26-16-4-6-19(18(22)10-16)30-9-8-29-3/h4,6,10,12H,5,7-9H2,1-3H3,(H,26,28). The first kappa shape index (κ1) is 21.2. The van der Waals surface area contributed by atoms with Gasteiger partial charge in [-0.2, -0.15) is 10.4 Å². The Hall–Kier alpha value is -3.51. The molecule has 9 heteroatoms. The smallest absolute Gasteiger partial charge is 0.224 e. The van der Waals surface area contributed by atoms with Crippen LogP contribution in [0.2, 0.25) is 0 Å². The van der Waals surface area contributed by atoms with Crippen molar-refractivity contribution in [2.24, 2.45) is 0 Å². The summed E-state index contributed by atoms with van der Waals surface area (Å²) >= 11 is 0. The first-order chi connectivity index (χ1) is 14.4. The molecular weight excluding hydrogens is 389 g/mol. The lowest BCUT2D eigenvalue weighted by molar-refractivity contribution is -0.116. The van der Waals surface area contributed by atoms with E-state index < -0.39 is 5.82 Å². The zero-order chi connectivity index (χ0) is 21.7. The van der Waals surface area contributed by atoms with Gasteiger partial charge in [0, 0.05) is 36.7 Å². The molecule has 0 bridgehead atoms. The summed E-state index contributed by atoms with van der Waals surface area (Å²) in [7, 11) is 1.54. The molecule has 0 aliphatic carbocycles. The number of benzene rings is 1. The molecule has 30 heavy (non-hydrogen) atoms. The van der Waals surface area contributed by atoms with Crippen molar-refractivity contribution in [3.05, 3.63) is 52.7 Å². The number of halogens is 1. The van der Waals surface area contributed by atoms with E-state index in [4.69, 9.17) is 14.7 Å². The molecule has 0 aliphatic heterocycles. The molecule has 0 aliphatic rings. The number of carbonyl (C=O) groups is 1. The second kappa shape index (κ2) is 9.33. The van der Waals surface area contributed by atoms with E-state index in [9.17, 15) is 9.18 Å². The maximum Gasteiger partial charge on any atom is 0.224 e. The van der Waals surface area contributed by atoms with E-state index >= 15 is 0 Å². The third-order valence-electron chi connectivity index (χ3n) is 4.69. The van der Waals surface area contributed by atoms with Crippen molar-refractivity contribution in [1.82, 2.24) is 14.6 Å². The van der Waals surface area contributed by atoms with Crippen LogP contribution in [0, 0.1) is 31.0 Å². The van der Waals surface area contributed by atoms with Gasteiger partial charge in [0.15, 0.2) is 17.2 Å². The van der Waals surface area contributed by atoms with Crippen LogP contribution in [-0.4, -0.2) is 40.8 Å². The summed E-state index contributed by atoms with van der Waals surface area (Å²) in [5, 5.41) is 16.0. The molecule has 0 fully saturated rings. The summed E-state index contributed by atoms with van der Waals surface area (Å²) < 4.78 is 25.8. The minimum atomic E-state index is -0.558. The summed E-state index contributed by atoms with van der Waals surface area (Å²) in [5.41, 5.74) is 3.72. The summed E-state index contributed by atoms with van der Waals surface area (Å²) in [4.78, 5) is 16.8. The molecule has 0 saturated carbocycles. The highest BCUT2D eigenvalue weighted by Crippen LogP contribution is 2.22. The molecule has 2 heterocycles. The Morgan fingerprint density at radius 1 is 1.33 bits per heavy atom. The fourth-order valence-corrected chi connectivity index (χ4v) is 3.14. The van der Waals surface area contributed by atoms with Gasteiger partial charge in [-0.15, -0.1) is 0 Å². The van der Waals surface area contributed by atoms with Crippen molar-refractivity contribution < 1.29 is 18.7 Å². The van der Waals surface area contributed by atoms with Gasteiger partial charge in [-0.05, 0) is 38.0 Å². The zero-order valence-corrected chi connectivity index (χ0v) is 17.0. The monoisotopic (exact) mass is 411 g/mol. The molecule has 3 rings (SSSR count). The van der Waals surface area contributed by atoms with E-state index in [-0.39, 0.29) is 24.7 Å². The first-order valence-corrected chi connectivity index (χ1v) is 9.39. The van der Waals surface area contributed by atoms with Gasteiger partial charge in [0.2, 0.25) is 5.91 Å². The number of rotatable bonds is 8. The molecule has 0 saturated heterocycles. The number of nitrogens with zero attached hydrogens (tertiary/aromatic N) is 4. The Morgan fingerprint density at radius 2 is 2.13 bits per heavy atom. The van der Waals surface area contributed by atoms with Gasteiger partial charge in [-0.3, -0.25) is 4.79 Å². The molecule has 2 aromatic heterocycles. The van der Waals surface area contributed by atoms with Crippen molar-refractivity contribution >= 4 is 17.2 Å². The lowest BCUT2D eigenvalue weighted by atomic mass is 10.1. The van der Waals surface area contributed by atoms with Gasteiger partial charge in [0.25, 0.3) is 0 Å². The number of methoxy groups -OCH3 is 1. The fraction of sp³-hybridized carbons (Fsp3) is 0.333. The summed E-state index contributed by atoms with van der Waals surface area (Å²) in [5.74, 6) is -0.705. The predicted octanol–water partition coefficient (Wildman–Crippen LogP) is 2.95. The fourth-order valence-electron chi connectivity index (χ4n) is 3.14. The molecule has 0 radical (unpaired) electrons. The molecule has 0 spiro atoms. The molecule has 0 unspecified atom stereocenters. The predicted molar refractivity (Wildman–Crippen MR) is 108 cm³/mol. The Kier molecular flexibility index (Phi) is 6.59. The van der Waals surface area contributed by atoms with Crippen molar-refractivity contribution in [2.45, 2.75) is 26.7 Å². The van der Waals surface area contributed by atoms with Crippen LogP contribution >= 0.6 is 0 Å². The summed E-state index contributed by atoms with van der Waals surface area (Å²) in [6.07, 6.45) is 2.10. The minimum absolute atomic E-state index is 0.103. The van der Waals surface area contributed by atoms with E-state index in [1.54, 1.807) is 10.6 Å². The van der Waals surface area contributed by atoms with Crippen LogP contribution < -0.4 is 10.1 Å². The van der Waals surface area contributed by atoms with Crippen molar-refractivity contribution in [1.29, 1.82) is 5.26 Å². The number of anilines is 1. The van der Waals surface area contributed by atoms with Gasteiger partial charge in [-0.1, -0.05) is 0 Å². The topological polar surface area (TPSA) is 102 Å². The number of hydrogen-bond donors (Lipinski definition) is 1. The van der Waals surface area contributed by atoms with Crippen LogP contribution in [0.1, 0.15) is 28.9 Å². The zero-order valence-electron chi connectivity index (χ0n) is 17.0. The van der Waals surface area contributed by atoms with Crippen molar-refractivity contribution in [2.75, 3.05) is 25.6 Å². The van der Waals surface area contributed by atoms with E-state index in [0.29, 0.717) is 29.9 Å². The number of hydrogen-bond acceptors (Lipinski definition) is 6. The number of nitriles is 1. The van der Waals surface area contributed by atoms with Crippen LogP contribution in [0.4, 0.5) is 10.1 Å².